The number of hydrogen-bond donors (Lipinski definition) is 0. The van der Waals surface area contributed by atoms with Crippen molar-refractivity contribution in [1.29, 1.82) is 0 Å². The second kappa shape index (κ2) is 6.57. The number of hydrogen-bond acceptors (Lipinski definition) is 2. The third-order valence-corrected chi connectivity index (χ3v) is 3.08. The van der Waals surface area contributed by atoms with Gasteiger partial charge < -0.3 is 4.74 Å². The molecule has 1 nitrogen and oxygen atoms in total. The summed E-state index contributed by atoms with van der Waals surface area (Å²) < 4.78 is 5.67. The van der Waals surface area contributed by atoms with Crippen LogP contribution < -0.4 is 4.74 Å². The Balaban J connectivity index is 2.21. The highest BCUT2D eigenvalue weighted by Gasteiger charge is 1.97. The van der Waals surface area contributed by atoms with Crippen molar-refractivity contribution in [3.05, 3.63) is 42.0 Å². The van der Waals surface area contributed by atoms with Crippen LogP contribution in [0, 0.1) is 6.92 Å². The highest BCUT2D eigenvalue weighted by Crippen LogP contribution is 2.16. The van der Waals surface area contributed by atoms with Gasteiger partial charge in [-0.1, -0.05) is 30.4 Å². The number of thioether (sulfide) groups is 1. The molecule has 1 aromatic rings. The van der Waals surface area contributed by atoms with Crippen molar-refractivity contribution in [2.45, 2.75) is 13.8 Å². The lowest BCUT2D eigenvalue weighted by Gasteiger charge is -2.08. The minimum atomic E-state index is 0.767. The van der Waals surface area contributed by atoms with E-state index in [2.05, 4.69) is 26.5 Å². The second-order valence-electron chi connectivity index (χ2n) is 3.62. The second-order valence-corrected chi connectivity index (χ2v) is 4.73. The van der Waals surface area contributed by atoms with Crippen LogP contribution in [-0.2, 0) is 0 Å². The van der Waals surface area contributed by atoms with Gasteiger partial charge >= 0.3 is 0 Å². The predicted octanol–water partition coefficient (Wildman–Crippen LogP) is 3.68. The van der Waals surface area contributed by atoms with Gasteiger partial charge in [-0.25, -0.2) is 0 Å². The van der Waals surface area contributed by atoms with Crippen molar-refractivity contribution >= 4 is 11.8 Å². The molecule has 2 heteroatoms. The van der Waals surface area contributed by atoms with Crippen molar-refractivity contribution in [1.82, 2.24) is 0 Å². The monoisotopic (exact) mass is 222 g/mol. The lowest BCUT2D eigenvalue weighted by Crippen LogP contribution is -2.01. The standard InChI is InChI=1S/C13H18OS/c1-11(2)10-15-9-8-14-13-7-5-4-6-12(13)3/h4-7H,1,8-10H2,2-3H3. The third-order valence-electron chi connectivity index (χ3n) is 1.93. The number of rotatable bonds is 6. The van der Waals surface area contributed by atoms with E-state index in [1.54, 1.807) is 0 Å². The lowest BCUT2D eigenvalue weighted by molar-refractivity contribution is 0.341. The summed E-state index contributed by atoms with van der Waals surface area (Å²) >= 11 is 1.86. The van der Waals surface area contributed by atoms with Crippen LogP contribution in [-0.4, -0.2) is 18.1 Å². The average Bonchev–Trinajstić information content (AvgIpc) is 2.20. The van der Waals surface area contributed by atoms with Crippen LogP contribution in [0.4, 0.5) is 0 Å². The summed E-state index contributed by atoms with van der Waals surface area (Å²) in [5.41, 5.74) is 2.42. The van der Waals surface area contributed by atoms with Crippen molar-refractivity contribution in [2.75, 3.05) is 18.1 Å². The van der Waals surface area contributed by atoms with Gasteiger partial charge in [-0.3, -0.25) is 0 Å². The van der Waals surface area contributed by atoms with Gasteiger partial charge in [-0.05, 0) is 25.5 Å². The van der Waals surface area contributed by atoms with Crippen LogP contribution in [0.25, 0.3) is 0 Å². The maximum absolute atomic E-state index is 5.67. The van der Waals surface area contributed by atoms with E-state index in [0.717, 1.165) is 23.9 Å². The fourth-order valence-corrected chi connectivity index (χ4v) is 1.87. The molecule has 0 aromatic heterocycles. The van der Waals surface area contributed by atoms with Crippen molar-refractivity contribution < 1.29 is 4.74 Å². The van der Waals surface area contributed by atoms with Crippen LogP contribution in [0.5, 0.6) is 5.75 Å². The van der Waals surface area contributed by atoms with Crippen LogP contribution in [0.15, 0.2) is 36.4 Å². The molecule has 1 aromatic carbocycles. The third kappa shape index (κ3) is 4.93. The Morgan fingerprint density at radius 3 is 2.80 bits per heavy atom. The van der Waals surface area contributed by atoms with Gasteiger partial charge in [0.1, 0.15) is 5.75 Å². The maximum Gasteiger partial charge on any atom is 0.122 e. The fourth-order valence-electron chi connectivity index (χ4n) is 1.18. The molecular weight excluding hydrogens is 204 g/mol. The van der Waals surface area contributed by atoms with Gasteiger partial charge in [0.2, 0.25) is 0 Å². The molecule has 0 aliphatic heterocycles. The summed E-state index contributed by atoms with van der Waals surface area (Å²) in [6.07, 6.45) is 0. The van der Waals surface area contributed by atoms with Crippen molar-refractivity contribution in [3.8, 4) is 5.75 Å². The molecule has 15 heavy (non-hydrogen) atoms. The zero-order valence-electron chi connectivity index (χ0n) is 9.45. The van der Waals surface area contributed by atoms with Gasteiger partial charge in [0.25, 0.3) is 0 Å². The molecule has 82 valence electrons. The zero-order chi connectivity index (χ0) is 11.1. The molecule has 0 unspecified atom stereocenters. The minimum absolute atomic E-state index is 0.767. The SMILES string of the molecule is C=C(C)CSCCOc1ccccc1C. The van der Waals surface area contributed by atoms with E-state index in [0.29, 0.717) is 0 Å². The van der Waals surface area contributed by atoms with Gasteiger partial charge in [0.05, 0.1) is 6.61 Å². The minimum Gasteiger partial charge on any atom is -0.492 e. The van der Waals surface area contributed by atoms with Crippen LogP contribution >= 0.6 is 11.8 Å². The number of para-hydroxylation sites is 1. The van der Waals surface area contributed by atoms with E-state index in [-0.39, 0.29) is 0 Å². The zero-order valence-corrected chi connectivity index (χ0v) is 10.3. The molecule has 0 radical (unpaired) electrons. The largest absolute Gasteiger partial charge is 0.492 e. The van der Waals surface area contributed by atoms with E-state index in [1.165, 1.54) is 11.1 Å². The molecule has 0 spiro atoms. The molecule has 0 heterocycles. The van der Waals surface area contributed by atoms with Gasteiger partial charge in [-0.2, -0.15) is 11.8 Å². The molecule has 0 saturated heterocycles. The summed E-state index contributed by atoms with van der Waals surface area (Å²) in [6.45, 7) is 8.75. The van der Waals surface area contributed by atoms with E-state index < -0.39 is 0 Å². The van der Waals surface area contributed by atoms with E-state index in [1.807, 2.05) is 30.0 Å². The normalized spacial score (nSPS) is 10.0. The topological polar surface area (TPSA) is 9.23 Å². The Bertz CT molecular complexity index is 320. The van der Waals surface area contributed by atoms with Gasteiger partial charge in [0.15, 0.2) is 0 Å². The number of benzene rings is 1. The molecule has 0 N–H and O–H groups in total. The van der Waals surface area contributed by atoms with Crippen LogP contribution in [0.1, 0.15) is 12.5 Å². The summed E-state index contributed by atoms with van der Waals surface area (Å²) in [4.78, 5) is 0. The Morgan fingerprint density at radius 2 is 2.13 bits per heavy atom. The molecular formula is C13H18OS. The first-order valence-electron chi connectivity index (χ1n) is 5.10. The van der Waals surface area contributed by atoms with E-state index in [4.69, 9.17) is 4.74 Å². The summed E-state index contributed by atoms with van der Waals surface area (Å²) in [7, 11) is 0. The fraction of sp³-hybridized carbons (Fsp3) is 0.385. The van der Waals surface area contributed by atoms with Crippen LogP contribution in [0.2, 0.25) is 0 Å². The number of ether oxygens (including phenoxy) is 1. The van der Waals surface area contributed by atoms with E-state index in [9.17, 15) is 0 Å². The predicted molar refractivity (Wildman–Crippen MR) is 68.8 cm³/mol. The lowest BCUT2D eigenvalue weighted by atomic mass is 10.2. The van der Waals surface area contributed by atoms with Crippen molar-refractivity contribution in [3.63, 3.8) is 0 Å². The molecule has 0 aliphatic rings. The molecule has 0 fully saturated rings. The first-order valence-corrected chi connectivity index (χ1v) is 6.26. The summed E-state index contributed by atoms with van der Waals surface area (Å²) in [6, 6.07) is 8.11. The maximum atomic E-state index is 5.67. The van der Waals surface area contributed by atoms with Crippen molar-refractivity contribution in [2.24, 2.45) is 0 Å². The summed E-state index contributed by atoms with van der Waals surface area (Å²) in [5.74, 6) is 3.03. The van der Waals surface area contributed by atoms with Crippen LogP contribution in [0.3, 0.4) is 0 Å². The Labute approximate surface area is 96.5 Å². The quantitative estimate of drug-likeness (QED) is 0.536. The Hall–Kier alpha value is -0.890. The van der Waals surface area contributed by atoms with Gasteiger partial charge in [-0.15, -0.1) is 0 Å². The molecule has 0 bridgehead atoms. The first-order chi connectivity index (χ1) is 7.20. The molecule has 0 aliphatic carbocycles. The molecule has 0 saturated carbocycles. The summed E-state index contributed by atoms with van der Waals surface area (Å²) in [5, 5.41) is 0. The highest BCUT2D eigenvalue weighted by atomic mass is 32.2. The highest BCUT2D eigenvalue weighted by molar-refractivity contribution is 7.99. The molecule has 0 amide bonds. The number of aryl methyl sites for hydroxylation is 1. The average molecular weight is 222 g/mol. The Morgan fingerprint density at radius 1 is 1.40 bits per heavy atom. The smallest absolute Gasteiger partial charge is 0.122 e. The Kier molecular flexibility index (Phi) is 5.33. The molecule has 0 atom stereocenters. The first kappa shape index (κ1) is 12.2. The van der Waals surface area contributed by atoms with Gasteiger partial charge in [0, 0.05) is 11.5 Å². The molecule has 1 rings (SSSR count). The van der Waals surface area contributed by atoms with E-state index >= 15 is 0 Å².